The van der Waals surface area contributed by atoms with Crippen LogP contribution in [-0.4, -0.2) is 6.54 Å². The molecule has 1 N–H and O–H groups in total. The predicted octanol–water partition coefficient (Wildman–Crippen LogP) is 4.86. The fourth-order valence-electron chi connectivity index (χ4n) is 1.79. The Hall–Kier alpha value is -2.22. The molecule has 0 amide bonds. The van der Waals surface area contributed by atoms with Gasteiger partial charge in [-0.3, -0.25) is 0 Å². The lowest BCUT2D eigenvalue weighted by Gasteiger charge is -2.12. The fraction of sp³-hybridized carbons (Fsp3) is 0.176. The monoisotopic (exact) mass is 253 g/mol. The molecule has 0 fully saturated rings. The highest BCUT2D eigenvalue weighted by atomic mass is 16.5. The van der Waals surface area contributed by atoms with Crippen LogP contribution in [0.1, 0.15) is 12.8 Å². The Bertz CT molecular complexity index is 508. The lowest BCUT2D eigenvalue weighted by molar-refractivity contribution is 0.484. The lowest BCUT2D eigenvalue weighted by Crippen LogP contribution is -2.02. The van der Waals surface area contributed by atoms with E-state index in [0.29, 0.717) is 0 Å². The quantitative estimate of drug-likeness (QED) is 0.562. The molecule has 0 unspecified atom stereocenters. The molecule has 2 nitrogen and oxygen atoms in total. The number of allylic oxidation sites excluding steroid dienone is 1. The van der Waals surface area contributed by atoms with Crippen LogP contribution in [0, 0.1) is 0 Å². The van der Waals surface area contributed by atoms with Gasteiger partial charge >= 0.3 is 0 Å². The summed E-state index contributed by atoms with van der Waals surface area (Å²) in [5.74, 6) is 1.70. The predicted molar refractivity (Wildman–Crippen MR) is 80.9 cm³/mol. The number of hydrogen-bond donors (Lipinski definition) is 1. The first-order valence-corrected chi connectivity index (χ1v) is 6.57. The van der Waals surface area contributed by atoms with E-state index < -0.39 is 0 Å². The Kier molecular flexibility index (Phi) is 5.06. The first kappa shape index (κ1) is 13.2. The molecular formula is C17H19NO. The Labute approximate surface area is 114 Å². The fourth-order valence-corrected chi connectivity index (χ4v) is 1.79. The van der Waals surface area contributed by atoms with Crippen LogP contribution in [0.2, 0.25) is 0 Å². The molecule has 2 aromatic rings. The van der Waals surface area contributed by atoms with E-state index in [9.17, 15) is 0 Å². The van der Waals surface area contributed by atoms with Crippen molar-refractivity contribution >= 4 is 5.69 Å². The van der Waals surface area contributed by atoms with E-state index in [2.05, 4.69) is 11.9 Å². The maximum absolute atomic E-state index is 5.88. The van der Waals surface area contributed by atoms with E-state index in [-0.39, 0.29) is 0 Å². The van der Waals surface area contributed by atoms with Gasteiger partial charge in [-0.1, -0.05) is 36.4 Å². The molecule has 0 radical (unpaired) electrons. The summed E-state index contributed by atoms with van der Waals surface area (Å²) in [5.41, 5.74) is 1.02. The van der Waals surface area contributed by atoms with Crippen molar-refractivity contribution in [2.24, 2.45) is 0 Å². The Morgan fingerprint density at radius 3 is 2.53 bits per heavy atom. The van der Waals surface area contributed by atoms with Crippen molar-refractivity contribution in [2.75, 3.05) is 11.9 Å². The van der Waals surface area contributed by atoms with E-state index in [1.165, 1.54) is 0 Å². The molecule has 0 bridgehead atoms. The van der Waals surface area contributed by atoms with Crippen molar-refractivity contribution in [3.63, 3.8) is 0 Å². The van der Waals surface area contributed by atoms with Crippen molar-refractivity contribution in [1.29, 1.82) is 0 Å². The largest absolute Gasteiger partial charge is 0.455 e. The zero-order valence-electron chi connectivity index (χ0n) is 11.0. The number of unbranched alkanes of at least 4 members (excludes halogenated alkanes) is 1. The molecule has 0 spiro atoms. The van der Waals surface area contributed by atoms with Gasteiger partial charge in [0.1, 0.15) is 5.75 Å². The van der Waals surface area contributed by atoms with E-state index >= 15 is 0 Å². The van der Waals surface area contributed by atoms with Gasteiger partial charge in [-0.15, -0.1) is 6.58 Å². The van der Waals surface area contributed by atoms with Crippen molar-refractivity contribution in [1.82, 2.24) is 0 Å². The molecule has 0 aliphatic rings. The molecule has 0 aliphatic carbocycles. The van der Waals surface area contributed by atoms with Crippen LogP contribution < -0.4 is 10.1 Å². The molecule has 2 aromatic carbocycles. The first-order chi connectivity index (χ1) is 9.40. The van der Waals surface area contributed by atoms with Crippen LogP contribution in [-0.2, 0) is 0 Å². The van der Waals surface area contributed by atoms with Crippen molar-refractivity contribution in [2.45, 2.75) is 12.8 Å². The molecular weight excluding hydrogens is 234 g/mol. The number of nitrogens with one attached hydrogen (secondary N) is 1. The summed E-state index contributed by atoms with van der Waals surface area (Å²) in [5, 5.41) is 3.40. The number of anilines is 1. The van der Waals surface area contributed by atoms with Gasteiger partial charge in [0.2, 0.25) is 0 Å². The van der Waals surface area contributed by atoms with Gasteiger partial charge in [-0.2, -0.15) is 0 Å². The second kappa shape index (κ2) is 7.27. The third kappa shape index (κ3) is 4.18. The molecule has 0 saturated carbocycles. The lowest BCUT2D eigenvalue weighted by atomic mass is 10.2. The molecule has 0 aromatic heterocycles. The molecule has 0 aliphatic heterocycles. The molecule has 0 atom stereocenters. The van der Waals surface area contributed by atoms with Crippen LogP contribution in [0.3, 0.4) is 0 Å². The summed E-state index contributed by atoms with van der Waals surface area (Å²) in [4.78, 5) is 0. The standard InChI is InChI=1S/C17H19NO/c1-2-3-9-14-18-16-12-7-8-13-17(16)19-15-10-5-4-6-11-15/h2,4-8,10-13,18H,1,3,9,14H2. The second-order valence-corrected chi connectivity index (χ2v) is 4.27. The number of hydrogen-bond acceptors (Lipinski definition) is 2. The second-order valence-electron chi connectivity index (χ2n) is 4.27. The van der Waals surface area contributed by atoms with E-state index in [1.807, 2.05) is 60.7 Å². The highest BCUT2D eigenvalue weighted by Gasteiger charge is 2.03. The Morgan fingerprint density at radius 1 is 1.00 bits per heavy atom. The summed E-state index contributed by atoms with van der Waals surface area (Å²) in [6, 6.07) is 17.8. The molecule has 0 heterocycles. The zero-order valence-corrected chi connectivity index (χ0v) is 11.0. The van der Waals surface area contributed by atoms with Crippen LogP contribution in [0.25, 0.3) is 0 Å². The van der Waals surface area contributed by atoms with Crippen LogP contribution in [0.5, 0.6) is 11.5 Å². The molecule has 2 rings (SSSR count). The minimum Gasteiger partial charge on any atom is -0.455 e. The summed E-state index contributed by atoms with van der Waals surface area (Å²) in [6.07, 6.45) is 4.03. The maximum atomic E-state index is 5.88. The third-order valence-electron chi connectivity index (χ3n) is 2.76. The van der Waals surface area contributed by atoms with Crippen LogP contribution in [0.15, 0.2) is 67.3 Å². The minimum absolute atomic E-state index is 0.850. The summed E-state index contributed by atoms with van der Waals surface area (Å²) >= 11 is 0. The Morgan fingerprint density at radius 2 is 1.74 bits per heavy atom. The molecule has 19 heavy (non-hydrogen) atoms. The normalized spacial score (nSPS) is 9.89. The maximum Gasteiger partial charge on any atom is 0.150 e. The van der Waals surface area contributed by atoms with E-state index in [0.717, 1.165) is 36.6 Å². The summed E-state index contributed by atoms with van der Waals surface area (Å²) < 4.78 is 5.88. The zero-order chi connectivity index (χ0) is 13.3. The van der Waals surface area contributed by atoms with Crippen LogP contribution in [0.4, 0.5) is 5.69 Å². The van der Waals surface area contributed by atoms with Gasteiger partial charge in [-0.25, -0.2) is 0 Å². The van der Waals surface area contributed by atoms with Gasteiger partial charge in [-0.05, 0) is 37.1 Å². The van der Waals surface area contributed by atoms with E-state index in [1.54, 1.807) is 0 Å². The number of benzene rings is 2. The highest BCUT2D eigenvalue weighted by Crippen LogP contribution is 2.28. The number of rotatable bonds is 7. The molecule has 2 heteroatoms. The van der Waals surface area contributed by atoms with Gasteiger partial charge in [0.05, 0.1) is 5.69 Å². The van der Waals surface area contributed by atoms with E-state index in [4.69, 9.17) is 4.74 Å². The topological polar surface area (TPSA) is 21.3 Å². The number of ether oxygens (including phenoxy) is 1. The highest BCUT2D eigenvalue weighted by molar-refractivity contribution is 5.57. The van der Waals surface area contributed by atoms with Gasteiger partial charge < -0.3 is 10.1 Å². The Balaban J connectivity index is 2.01. The summed E-state index contributed by atoms with van der Waals surface area (Å²) in [7, 11) is 0. The molecule has 98 valence electrons. The van der Waals surface area contributed by atoms with Gasteiger partial charge in [0, 0.05) is 6.54 Å². The number of para-hydroxylation sites is 3. The first-order valence-electron chi connectivity index (χ1n) is 6.57. The SMILES string of the molecule is C=CCCCNc1ccccc1Oc1ccccc1. The van der Waals surface area contributed by atoms with Crippen molar-refractivity contribution < 1.29 is 4.74 Å². The molecule has 0 saturated heterocycles. The van der Waals surface area contributed by atoms with Crippen LogP contribution >= 0.6 is 0 Å². The van der Waals surface area contributed by atoms with Gasteiger partial charge in [0.15, 0.2) is 5.75 Å². The summed E-state index contributed by atoms with van der Waals surface area (Å²) in [6.45, 7) is 4.64. The van der Waals surface area contributed by atoms with Crippen molar-refractivity contribution in [3.8, 4) is 11.5 Å². The minimum atomic E-state index is 0.850. The van der Waals surface area contributed by atoms with Gasteiger partial charge in [0.25, 0.3) is 0 Å². The van der Waals surface area contributed by atoms with Crippen molar-refractivity contribution in [3.05, 3.63) is 67.3 Å². The smallest absolute Gasteiger partial charge is 0.150 e. The average molecular weight is 253 g/mol. The third-order valence-corrected chi connectivity index (χ3v) is 2.76. The average Bonchev–Trinajstić information content (AvgIpc) is 2.46.